The molecule has 5 heteroatoms. The normalized spacial score (nSPS) is 14.0. The predicted molar refractivity (Wildman–Crippen MR) is 83.3 cm³/mol. The van der Waals surface area contributed by atoms with Crippen LogP contribution in [0.3, 0.4) is 0 Å². The van der Waals surface area contributed by atoms with Crippen molar-refractivity contribution in [3.8, 4) is 11.3 Å². The number of nitrogens with two attached hydrogens (primary N) is 2. The van der Waals surface area contributed by atoms with E-state index in [-0.39, 0.29) is 12.1 Å². The summed E-state index contributed by atoms with van der Waals surface area (Å²) in [6.45, 7) is 1.89. The van der Waals surface area contributed by atoms with E-state index in [9.17, 15) is 0 Å². The Morgan fingerprint density at radius 2 is 1.71 bits per heavy atom. The first-order valence-corrected chi connectivity index (χ1v) is 6.83. The number of hydrogen-bond donors (Lipinski definition) is 2. The second-order valence-electron chi connectivity index (χ2n) is 5.11. The molecule has 106 valence electrons. The van der Waals surface area contributed by atoms with Crippen LogP contribution < -0.4 is 11.5 Å². The van der Waals surface area contributed by atoms with Crippen molar-refractivity contribution < 1.29 is 0 Å². The first-order valence-electron chi connectivity index (χ1n) is 6.83. The summed E-state index contributed by atoms with van der Waals surface area (Å²) in [6.07, 6.45) is 7.05. The van der Waals surface area contributed by atoms with Crippen LogP contribution in [-0.2, 0) is 0 Å². The summed E-state index contributed by atoms with van der Waals surface area (Å²) in [7, 11) is 0. The molecule has 21 heavy (non-hydrogen) atoms. The molecule has 0 radical (unpaired) electrons. The zero-order valence-electron chi connectivity index (χ0n) is 11.8. The molecule has 0 aromatic carbocycles. The van der Waals surface area contributed by atoms with E-state index < -0.39 is 0 Å². The fourth-order valence-electron chi connectivity index (χ4n) is 2.30. The molecule has 0 saturated carbocycles. The van der Waals surface area contributed by atoms with Gasteiger partial charge >= 0.3 is 0 Å². The number of hydrogen-bond acceptors (Lipinski definition) is 5. The third kappa shape index (κ3) is 2.61. The standard InChI is InChI=1S/C16H17N5/c1-10(17)15(18)16-13-4-7-20-9-12(13)8-14(21-16)11-2-5-19-6-3-11/h2-10,15H,17-18H2,1H3. The van der Waals surface area contributed by atoms with Crippen LogP contribution in [-0.4, -0.2) is 21.0 Å². The Morgan fingerprint density at radius 3 is 2.43 bits per heavy atom. The Bertz CT molecular complexity index is 755. The van der Waals surface area contributed by atoms with Crippen molar-refractivity contribution in [1.29, 1.82) is 0 Å². The minimum atomic E-state index is -0.323. The minimum absolute atomic E-state index is 0.179. The van der Waals surface area contributed by atoms with E-state index in [1.165, 1.54) is 0 Å². The molecule has 0 aliphatic carbocycles. The lowest BCUT2D eigenvalue weighted by atomic mass is 10.0. The summed E-state index contributed by atoms with van der Waals surface area (Å²) in [5.74, 6) is 0. The molecule has 4 N–H and O–H groups in total. The third-order valence-corrected chi connectivity index (χ3v) is 3.52. The molecule has 2 unspecified atom stereocenters. The lowest BCUT2D eigenvalue weighted by molar-refractivity contribution is 0.580. The maximum Gasteiger partial charge on any atom is 0.0714 e. The van der Waals surface area contributed by atoms with E-state index in [1.807, 2.05) is 37.4 Å². The van der Waals surface area contributed by atoms with Gasteiger partial charge in [-0.25, -0.2) is 0 Å². The largest absolute Gasteiger partial charge is 0.326 e. The third-order valence-electron chi connectivity index (χ3n) is 3.52. The van der Waals surface area contributed by atoms with Crippen molar-refractivity contribution >= 4 is 10.8 Å². The monoisotopic (exact) mass is 279 g/mol. The summed E-state index contributed by atoms with van der Waals surface area (Å²) in [4.78, 5) is 12.9. The van der Waals surface area contributed by atoms with E-state index in [2.05, 4.69) is 9.97 Å². The molecule has 0 fully saturated rings. The fourth-order valence-corrected chi connectivity index (χ4v) is 2.30. The van der Waals surface area contributed by atoms with E-state index in [1.54, 1.807) is 18.6 Å². The van der Waals surface area contributed by atoms with E-state index in [4.69, 9.17) is 16.5 Å². The fraction of sp³-hybridized carbons (Fsp3) is 0.188. The average molecular weight is 279 g/mol. The van der Waals surface area contributed by atoms with Gasteiger partial charge in [-0.2, -0.15) is 0 Å². The molecule has 5 nitrogen and oxygen atoms in total. The highest BCUT2D eigenvalue weighted by Gasteiger charge is 2.17. The van der Waals surface area contributed by atoms with Gasteiger partial charge < -0.3 is 11.5 Å². The van der Waals surface area contributed by atoms with Crippen molar-refractivity contribution in [2.45, 2.75) is 19.0 Å². The highest BCUT2D eigenvalue weighted by atomic mass is 14.8. The molecule has 0 aliphatic rings. The summed E-state index contributed by atoms with van der Waals surface area (Å²) >= 11 is 0. The van der Waals surface area contributed by atoms with Crippen molar-refractivity contribution in [2.75, 3.05) is 0 Å². The number of rotatable bonds is 3. The molecule has 3 heterocycles. The van der Waals surface area contributed by atoms with Gasteiger partial charge in [0.15, 0.2) is 0 Å². The molecule has 3 aromatic heterocycles. The Hall–Kier alpha value is -2.37. The smallest absolute Gasteiger partial charge is 0.0714 e. The second kappa shape index (κ2) is 5.55. The van der Waals surface area contributed by atoms with E-state index in [0.29, 0.717) is 0 Å². The molecule has 3 rings (SSSR count). The van der Waals surface area contributed by atoms with Crippen LogP contribution >= 0.6 is 0 Å². The maximum absolute atomic E-state index is 6.23. The van der Waals surface area contributed by atoms with Gasteiger partial charge in [0.05, 0.1) is 17.4 Å². The molecule has 3 aromatic rings. The number of pyridine rings is 3. The van der Waals surface area contributed by atoms with Gasteiger partial charge in [0, 0.05) is 47.2 Å². The molecule has 2 atom stereocenters. The number of aromatic nitrogens is 3. The lowest BCUT2D eigenvalue weighted by Crippen LogP contribution is -2.32. The first kappa shape index (κ1) is 13.6. The van der Waals surface area contributed by atoms with Crippen molar-refractivity contribution in [3.05, 3.63) is 54.7 Å². The Balaban J connectivity index is 2.25. The van der Waals surface area contributed by atoms with Gasteiger partial charge in [-0.05, 0) is 31.2 Å². The Kier molecular flexibility index (Phi) is 3.60. The zero-order chi connectivity index (χ0) is 14.8. The van der Waals surface area contributed by atoms with Gasteiger partial charge in [-0.3, -0.25) is 15.0 Å². The summed E-state index contributed by atoms with van der Waals surface area (Å²) in [6, 6.07) is 7.28. The zero-order valence-corrected chi connectivity index (χ0v) is 11.8. The average Bonchev–Trinajstić information content (AvgIpc) is 2.54. The number of nitrogens with zero attached hydrogens (tertiary/aromatic N) is 3. The molecular formula is C16H17N5. The first-order chi connectivity index (χ1) is 10.2. The molecule has 0 amide bonds. The molecule has 0 bridgehead atoms. The summed E-state index contributed by atoms with van der Waals surface area (Å²) in [5, 5.41) is 2.00. The predicted octanol–water partition coefficient (Wildman–Crippen LogP) is 2.04. The molecule has 0 spiro atoms. The number of fused-ring (bicyclic) bond motifs is 1. The molecular weight excluding hydrogens is 262 g/mol. The van der Waals surface area contributed by atoms with Crippen molar-refractivity contribution in [3.63, 3.8) is 0 Å². The van der Waals surface area contributed by atoms with Crippen LogP contribution in [0, 0.1) is 0 Å². The highest BCUT2D eigenvalue weighted by molar-refractivity contribution is 5.87. The van der Waals surface area contributed by atoms with Crippen LogP contribution in [0.1, 0.15) is 18.7 Å². The van der Waals surface area contributed by atoms with Crippen LogP contribution in [0.15, 0.2) is 49.1 Å². The lowest BCUT2D eigenvalue weighted by Gasteiger charge is -2.18. The van der Waals surface area contributed by atoms with Crippen LogP contribution in [0.25, 0.3) is 22.0 Å². The van der Waals surface area contributed by atoms with Crippen LogP contribution in [0.4, 0.5) is 0 Å². The van der Waals surface area contributed by atoms with Gasteiger partial charge in [0.1, 0.15) is 0 Å². The summed E-state index contributed by atoms with van der Waals surface area (Å²) in [5.41, 5.74) is 14.8. The van der Waals surface area contributed by atoms with E-state index in [0.717, 1.165) is 27.7 Å². The quantitative estimate of drug-likeness (QED) is 0.765. The van der Waals surface area contributed by atoms with Crippen LogP contribution in [0.5, 0.6) is 0 Å². The van der Waals surface area contributed by atoms with Crippen molar-refractivity contribution in [1.82, 2.24) is 15.0 Å². The maximum atomic E-state index is 6.23. The van der Waals surface area contributed by atoms with Crippen LogP contribution in [0.2, 0.25) is 0 Å². The van der Waals surface area contributed by atoms with Gasteiger partial charge in [-0.15, -0.1) is 0 Å². The Labute approximate surface area is 123 Å². The van der Waals surface area contributed by atoms with E-state index >= 15 is 0 Å². The minimum Gasteiger partial charge on any atom is -0.326 e. The molecule has 0 saturated heterocycles. The second-order valence-corrected chi connectivity index (χ2v) is 5.11. The van der Waals surface area contributed by atoms with Gasteiger partial charge in [-0.1, -0.05) is 0 Å². The van der Waals surface area contributed by atoms with Crippen molar-refractivity contribution in [2.24, 2.45) is 11.5 Å². The SMILES string of the molecule is CC(N)C(N)c1nc(-c2ccncc2)cc2cnccc12. The van der Waals surface area contributed by atoms with Gasteiger partial charge in [0.25, 0.3) is 0 Å². The highest BCUT2D eigenvalue weighted by Crippen LogP contribution is 2.27. The molecule has 0 aliphatic heterocycles. The Morgan fingerprint density at radius 1 is 1.00 bits per heavy atom. The summed E-state index contributed by atoms with van der Waals surface area (Å²) < 4.78 is 0. The van der Waals surface area contributed by atoms with Gasteiger partial charge in [0.2, 0.25) is 0 Å². The topological polar surface area (TPSA) is 90.7 Å².